The number of benzene rings is 2. The maximum atomic E-state index is 12.9. The maximum absolute atomic E-state index is 12.9. The molecule has 0 atom stereocenters. The average molecular weight is 490 g/mol. The van der Waals surface area contributed by atoms with Crippen molar-refractivity contribution in [2.24, 2.45) is 5.92 Å². The molecule has 34 heavy (non-hydrogen) atoms. The van der Waals surface area contributed by atoms with Gasteiger partial charge in [0.25, 0.3) is 11.8 Å². The largest absolute Gasteiger partial charge is 0.494 e. The van der Waals surface area contributed by atoms with Crippen LogP contribution in [0, 0.1) is 12.8 Å². The Labute approximate surface area is 200 Å². The van der Waals surface area contributed by atoms with Gasteiger partial charge in [-0.25, -0.2) is 8.42 Å². The summed E-state index contributed by atoms with van der Waals surface area (Å²) in [5, 5.41) is 0. The van der Waals surface area contributed by atoms with Crippen molar-refractivity contribution in [3.63, 3.8) is 0 Å². The summed E-state index contributed by atoms with van der Waals surface area (Å²) in [4.78, 5) is 25.2. The van der Waals surface area contributed by atoms with E-state index in [-0.39, 0.29) is 23.5 Å². The normalized spacial score (nSPS) is 14.6. The zero-order valence-electron chi connectivity index (χ0n) is 19.7. The van der Waals surface area contributed by atoms with Gasteiger partial charge in [-0.05, 0) is 61.2 Å². The smallest absolute Gasteiger partial charge is 0.270 e. The third kappa shape index (κ3) is 6.55. The fourth-order valence-electron chi connectivity index (χ4n) is 3.31. The number of nitrogens with one attached hydrogen (secondary N) is 2. The van der Waals surface area contributed by atoms with Crippen LogP contribution in [0.1, 0.15) is 46.5 Å². The first-order valence-electron chi connectivity index (χ1n) is 11.2. The number of ether oxygens (including phenoxy) is 2. The van der Waals surface area contributed by atoms with Gasteiger partial charge in [-0.15, -0.1) is 0 Å². The molecule has 0 bridgehead atoms. The van der Waals surface area contributed by atoms with Crippen molar-refractivity contribution in [3.8, 4) is 5.75 Å². The molecule has 1 heterocycles. The quantitative estimate of drug-likeness (QED) is 0.551. The summed E-state index contributed by atoms with van der Waals surface area (Å²) in [7, 11) is -3.75. The number of amides is 2. The van der Waals surface area contributed by atoms with Crippen LogP contribution >= 0.6 is 0 Å². The van der Waals surface area contributed by atoms with Crippen molar-refractivity contribution in [1.82, 2.24) is 15.2 Å². The van der Waals surface area contributed by atoms with Crippen LogP contribution in [0.5, 0.6) is 5.75 Å². The van der Waals surface area contributed by atoms with Crippen LogP contribution in [-0.2, 0) is 14.8 Å². The minimum atomic E-state index is -3.75. The van der Waals surface area contributed by atoms with Gasteiger partial charge in [-0.2, -0.15) is 4.31 Å². The van der Waals surface area contributed by atoms with Crippen LogP contribution < -0.4 is 15.6 Å². The fraction of sp³-hybridized carbons (Fsp3) is 0.417. The molecular formula is C24H31N3O6S. The van der Waals surface area contributed by atoms with Gasteiger partial charge in [0.2, 0.25) is 10.0 Å². The first-order valence-corrected chi connectivity index (χ1v) is 12.6. The summed E-state index contributed by atoms with van der Waals surface area (Å²) in [6, 6.07) is 11.0. The second-order valence-corrected chi connectivity index (χ2v) is 10.4. The third-order valence-corrected chi connectivity index (χ3v) is 7.33. The molecule has 2 aromatic carbocycles. The van der Waals surface area contributed by atoms with Gasteiger partial charge in [-0.1, -0.05) is 19.9 Å². The Balaban J connectivity index is 1.62. The average Bonchev–Trinajstić information content (AvgIpc) is 2.83. The van der Waals surface area contributed by atoms with E-state index in [9.17, 15) is 18.0 Å². The molecule has 0 saturated carbocycles. The third-order valence-electron chi connectivity index (χ3n) is 5.43. The molecule has 2 N–H and O–H groups in total. The molecule has 0 aliphatic carbocycles. The van der Waals surface area contributed by atoms with Gasteiger partial charge in [0.05, 0.1) is 24.7 Å². The Hall–Kier alpha value is -2.95. The van der Waals surface area contributed by atoms with Gasteiger partial charge < -0.3 is 9.47 Å². The molecule has 1 fully saturated rings. The molecule has 2 aromatic rings. The van der Waals surface area contributed by atoms with Gasteiger partial charge >= 0.3 is 0 Å². The van der Waals surface area contributed by atoms with Gasteiger partial charge in [0, 0.05) is 24.2 Å². The lowest BCUT2D eigenvalue weighted by molar-refractivity contribution is 0.0730. The van der Waals surface area contributed by atoms with Crippen molar-refractivity contribution in [3.05, 3.63) is 59.2 Å². The second kappa shape index (κ2) is 11.5. The van der Waals surface area contributed by atoms with Crippen LogP contribution in [0.2, 0.25) is 0 Å². The Kier molecular flexibility index (Phi) is 8.65. The number of rotatable bonds is 8. The highest BCUT2D eigenvalue weighted by atomic mass is 32.2. The van der Waals surface area contributed by atoms with Crippen LogP contribution in [-0.4, -0.2) is 57.4 Å². The predicted octanol–water partition coefficient (Wildman–Crippen LogP) is 2.52. The highest BCUT2D eigenvalue weighted by Crippen LogP contribution is 2.20. The van der Waals surface area contributed by atoms with Crippen molar-refractivity contribution >= 4 is 21.8 Å². The lowest BCUT2D eigenvalue weighted by atomic mass is 10.1. The summed E-state index contributed by atoms with van der Waals surface area (Å²) in [6.07, 6.45) is 0.933. The molecule has 0 aromatic heterocycles. The number of hydrogen-bond acceptors (Lipinski definition) is 6. The van der Waals surface area contributed by atoms with Crippen molar-refractivity contribution in [1.29, 1.82) is 0 Å². The number of hydrazine groups is 1. The topological polar surface area (TPSA) is 114 Å². The Morgan fingerprint density at radius 2 is 1.68 bits per heavy atom. The molecule has 2 amide bonds. The maximum Gasteiger partial charge on any atom is 0.270 e. The molecule has 3 rings (SSSR count). The Bertz CT molecular complexity index is 1110. The van der Waals surface area contributed by atoms with E-state index in [1.165, 1.54) is 16.4 Å². The van der Waals surface area contributed by atoms with Crippen LogP contribution in [0.15, 0.2) is 47.4 Å². The summed E-state index contributed by atoms with van der Waals surface area (Å²) in [5.41, 5.74) is 5.81. The molecule has 0 spiro atoms. The van der Waals surface area contributed by atoms with Gasteiger partial charge in [0.15, 0.2) is 0 Å². The van der Waals surface area contributed by atoms with E-state index in [1.54, 1.807) is 37.3 Å². The predicted molar refractivity (Wildman–Crippen MR) is 127 cm³/mol. The molecule has 0 unspecified atom stereocenters. The molecule has 1 saturated heterocycles. The standard InChI is InChI=1S/C24H31N3O6S/c1-17(2)10-13-33-20-7-5-19(6-8-20)23(28)25-26-24(29)22-16-21(9-4-18(22)3)34(30,31)27-11-14-32-15-12-27/h4-9,16-17H,10-15H2,1-3H3,(H,25,28)(H,26,29). The highest BCUT2D eigenvalue weighted by Gasteiger charge is 2.27. The monoisotopic (exact) mass is 489 g/mol. The molecule has 1 aliphatic rings. The van der Waals surface area contributed by atoms with Crippen LogP contribution in [0.25, 0.3) is 0 Å². The minimum Gasteiger partial charge on any atom is -0.494 e. The Morgan fingerprint density at radius 3 is 2.32 bits per heavy atom. The van der Waals surface area contributed by atoms with Crippen molar-refractivity contribution < 1.29 is 27.5 Å². The first-order chi connectivity index (χ1) is 16.2. The lowest BCUT2D eigenvalue weighted by Crippen LogP contribution is -2.42. The molecule has 0 radical (unpaired) electrons. The van der Waals surface area contributed by atoms with Gasteiger partial charge in [-0.3, -0.25) is 20.4 Å². The van der Waals surface area contributed by atoms with Crippen molar-refractivity contribution in [2.45, 2.75) is 32.1 Å². The Morgan fingerprint density at radius 1 is 1.03 bits per heavy atom. The number of nitrogens with zero attached hydrogens (tertiary/aromatic N) is 1. The number of carbonyl (C=O) groups is 2. The zero-order chi connectivity index (χ0) is 24.7. The summed E-state index contributed by atoms with van der Waals surface area (Å²) in [6.45, 7) is 7.70. The lowest BCUT2D eigenvalue weighted by Gasteiger charge is -2.26. The molecule has 9 nitrogen and oxygen atoms in total. The van der Waals surface area contributed by atoms with E-state index < -0.39 is 21.8 Å². The van der Waals surface area contributed by atoms with E-state index in [1.807, 2.05) is 0 Å². The van der Waals surface area contributed by atoms with E-state index in [2.05, 4.69) is 24.7 Å². The SMILES string of the molecule is Cc1ccc(S(=O)(=O)N2CCOCC2)cc1C(=O)NNC(=O)c1ccc(OCCC(C)C)cc1. The molecule has 1 aliphatic heterocycles. The molecule has 184 valence electrons. The number of sulfonamides is 1. The summed E-state index contributed by atoms with van der Waals surface area (Å²) >= 11 is 0. The van der Waals surface area contributed by atoms with E-state index >= 15 is 0 Å². The molecule has 10 heteroatoms. The van der Waals surface area contributed by atoms with E-state index in [0.29, 0.717) is 42.6 Å². The first kappa shape index (κ1) is 25.7. The summed E-state index contributed by atoms with van der Waals surface area (Å²) < 4.78 is 38.0. The minimum absolute atomic E-state index is 0.0181. The van der Waals surface area contributed by atoms with Gasteiger partial charge in [0.1, 0.15) is 5.75 Å². The number of hydrogen-bond donors (Lipinski definition) is 2. The van der Waals surface area contributed by atoms with E-state index in [4.69, 9.17) is 9.47 Å². The van der Waals surface area contributed by atoms with E-state index in [0.717, 1.165) is 6.42 Å². The zero-order valence-corrected chi connectivity index (χ0v) is 20.5. The molecular weight excluding hydrogens is 458 g/mol. The van der Waals surface area contributed by atoms with Crippen LogP contribution in [0.4, 0.5) is 0 Å². The number of morpholine rings is 1. The highest BCUT2D eigenvalue weighted by molar-refractivity contribution is 7.89. The number of carbonyl (C=O) groups excluding carboxylic acids is 2. The van der Waals surface area contributed by atoms with Crippen molar-refractivity contribution in [2.75, 3.05) is 32.9 Å². The second-order valence-electron chi connectivity index (χ2n) is 8.46. The number of aryl methyl sites for hydroxylation is 1. The van der Waals surface area contributed by atoms with Crippen LogP contribution in [0.3, 0.4) is 0 Å². The summed E-state index contributed by atoms with van der Waals surface area (Å²) in [5.74, 6) is 0.0861. The fourth-order valence-corrected chi connectivity index (χ4v) is 4.74.